The average Bonchev–Trinajstić information content (AvgIpc) is 3.26. The van der Waals surface area contributed by atoms with Gasteiger partial charge in [-0.3, -0.25) is 4.79 Å². The number of hydrogen-bond acceptors (Lipinski definition) is 2. The lowest BCUT2D eigenvalue weighted by molar-refractivity contribution is -0.129. The molecule has 2 N–H and O–H groups in total. The molecule has 1 saturated heterocycles. The largest absolute Gasteiger partial charge is 0.357 e. The molecule has 1 fully saturated rings. The molecule has 1 aromatic heterocycles. The molecular formula is C18H22N4O2. The van der Waals surface area contributed by atoms with Crippen molar-refractivity contribution in [3.63, 3.8) is 0 Å². The van der Waals surface area contributed by atoms with Crippen molar-refractivity contribution in [1.29, 1.82) is 0 Å². The third-order valence-electron chi connectivity index (χ3n) is 5.02. The zero-order valence-corrected chi connectivity index (χ0v) is 13.7. The molecule has 0 bridgehead atoms. The first-order valence-corrected chi connectivity index (χ1v) is 8.61. The van der Waals surface area contributed by atoms with Crippen LogP contribution in [0.15, 0.2) is 24.3 Å². The molecule has 3 heterocycles. The number of benzene rings is 1. The number of hydrogen-bond donors (Lipinski definition) is 2. The van der Waals surface area contributed by atoms with Crippen molar-refractivity contribution in [3.05, 3.63) is 35.5 Å². The van der Waals surface area contributed by atoms with E-state index in [2.05, 4.69) is 22.4 Å². The lowest BCUT2D eigenvalue weighted by Gasteiger charge is -2.27. The summed E-state index contributed by atoms with van der Waals surface area (Å²) in [5.74, 6) is 0.0177. The lowest BCUT2D eigenvalue weighted by Crippen LogP contribution is -2.46. The second kappa shape index (κ2) is 6.19. The molecule has 0 radical (unpaired) electrons. The van der Waals surface area contributed by atoms with E-state index < -0.39 is 0 Å². The molecule has 4 rings (SSSR count). The molecule has 3 amide bonds. The number of aromatic nitrogens is 1. The second-order valence-electron chi connectivity index (χ2n) is 6.55. The highest BCUT2D eigenvalue weighted by atomic mass is 16.2. The van der Waals surface area contributed by atoms with Gasteiger partial charge in [0.25, 0.3) is 0 Å². The van der Waals surface area contributed by atoms with E-state index >= 15 is 0 Å². The van der Waals surface area contributed by atoms with Gasteiger partial charge in [0, 0.05) is 36.2 Å². The van der Waals surface area contributed by atoms with Gasteiger partial charge in [0.15, 0.2) is 0 Å². The maximum absolute atomic E-state index is 12.4. The minimum Gasteiger partial charge on any atom is -0.357 e. The third kappa shape index (κ3) is 2.72. The van der Waals surface area contributed by atoms with Crippen LogP contribution in [-0.2, 0) is 17.8 Å². The highest BCUT2D eigenvalue weighted by Crippen LogP contribution is 2.27. The first-order chi connectivity index (χ1) is 11.7. The predicted octanol–water partition coefficient (Wildman–Crippen LogP) is 1.86. The number of nitrogens with zero attached hydrogens (tertiary/aromatic N) is 2. The van der Waals surface area contributed by atoms with Crippen LogP contribution in [0.1, 0.15) is 24.1 Å². The summed E-state index contributed by atoms with van der Waals surface area (Å²) in [6.45, 7) is 2.97. The number of H-pyrrole nitrogens is 1. The number of amides is 3. The van der Waals surface area contributed by atoms with Crippen LogP contribution in [0.2, 0.25) is 0 Å². The van der Waals surface area contributed by atoms with Crippen molar-refractivity contribution < 1.29 is 9.59 Å². The number of aromatic amines is 1. The van der Waals surface area contributed by atoms with Crippen LogP contribution < -0.4 is 5.32 Å². The van der Waals surface area contributed by atoms with Gasteiger partial charge < -0.3 is 20.1 Å². The maximum atomic E-state index is 12.4. The molecule has 24 heavy (non-hydrogen) atoms. The van der Waals surface area contributed by atoms with Gasteiger partial charge in [0.05, 0.1) is 13.1 Å². The Labute approximate surface area is 140 Å². The predicted molar refractivity (Wildman–Crippen MR) is 91.6 cm³/mol. The summed E-state index contributed by atoms with van der Waals surface area (Å²) < 4.78 is 0. The Morgan fingerprint density at radius 1 is 1.08 bits per heavy atom. The smallest absolute Gasteiger partial charge is 0.318 e. The molecule has 2 aromatic rings. The molecule has 6 heteroatoms. The summed E-state index contributed by atoms with van der Waals surface area (Å²) in [7, 11) is 0. The molecule has 0 aliphatic carbocycles. The van der Waals surface area contributed by atoms with E-state index in [-0.39, 0.29) is 18.5 Å². The van der Waals surface area contributed by atoms with E-state index in [0.717, 1.165) is 43.6 Å². The normalized spacial score (nSPS) is 17.2. The fourth-order valence-corrected chi connectivity index (χ4v) is 3.71. The van der Waals surface area contributed by atoms with Crippen LogP contribution in [-0.4, -0.2) is 52.9 Å². The van der Waals surface area contributed by atoms with Crippen LogP contribution in [0.5, 0.6) is 0 Å². The highest BCUT2D eigenvalue weighted by Gasteiger charge is 2.25. The molecule has 1 aromatic carbocycles. The average molecular weight is 326 g/mol. The summed E-state index contributed by atoms with van der Waals surface area (Å²) in [5, 5.41) is 4.02. The topological polar surface area (TPSA) is 68.4 Å². The Morgan fingerprint density at radius 3 is 2.71 bits per heavy atom. The summed E-state index contributed by atoms with van der Waals surface area (Å²) in [5.41, 5.74) is 3.53. The summed E-state index contributed by atoms with van der Waals surface area (Å²) in [6.07, 6.45) is 2.97. The number of carbonyl (C=O) groups is 2. The van der Waals surface area contributed by atoms with Crippen LogP contribution in [0.25, 0.3) is 10.9 Å². The number of likely N-dealkylation sites (tertiary alicyclic amines) is 1. The zero-order valence-electron chi connectivity index (χ0n) is 13.7. The highest BCUT2D eigenvalue weighted by molar-refractivity contribution is 5.86. The minimum absolute atomic E-state index is 0.0177. The standard InChI is InChI=1S/C18H22N4O2/c23-17(21-8-3-4-9-21)11-19-18(24)22-10-7-14-13-5-1-2-6-15(13)20-16(14)12-22/h1-2,5-6,20H,3-4,7-12H2,(H,19,24). The van der Waals surface area contributed by atoms with Gasteiger partial charge in [-0.2, -0.15) is 0 Å². The van der Waals surface area contributed by atoms with Crippen molar-refractivity contribution in [2.45, 2.75) is 25.8 Å². The number of urea groups is 1. The Bertz CT molecular complexity index is 776. The van der Waals surface area contributed by atoms with E-state index in [4.69, 9.17) is 0 Å². The van der Waals surface area contributed by atoms with Crippen molar-refractivity contribution in [2.24, 2.45) is 0 Å². The molecule has 0 saturated carbocycles. The number of fused-ring (bicyclic) bond motifs is 3. The molecular weight excluding hydrogens is 304 g/mol. The van der Waals surface area contributed by atoms with E-state index in [0.29, 0.717) is 13.1 Å². The van der Waals surface area contributed by atoms with E-state index in [9.17, 15) is 9.59 Å². The summed E-state index contributed by atoms with van der Waals surface area (Å²) in [4.78, 5) is 31.4. The number of rotatable bonds is 2. The molecule has 0 atom stereocenters. The van der Waals surface area contributed by atoms with Crippen LogP contribution in [0.3, 0.4) is 0 Å². The number of para-hydroxylation sites is 1. The van der Waals surface area contributed by atoms with Crippen molar-refractivity contribution in [3.8, 4) is 0 Å². The fraction of sp³-hybridized carbons (Fsp3) is 0.444. The Morgan fingerprint density at radius 2 is 1.88 bits per heavy atom. The van der Waals surface area contributed by atoms with Gasteiger partial charge in [0.1, 0.15) is 0 Å². The van der Waals surface area contributed by atoms with Crippen LogP contribution in [0.4, 0.5) is 4.79 Å². The van der Waals surface area contributed by atoms with E-state index in [1.54, 1.807) is 4.90 Å². The van der Waals surface area contributed by atoms with Gasteiger partial charge in [0.2, 0.25) is 5.91 Å². The van der Waals surface area contributed by atoms with E-state index in [1.807, 2.05) is 17.0 Å². The number of carbonyl (C=O) groups excluding carboxylic acids is 2. The Hall–Kier alpha value is -2.50. The summed E-state index contributed by atoms with van der Waals surface area (Å²) >= 11 is 0. The Balaban J connectivity index is 1.39. The minimum atomic E-state index is -0.160. The number of nitrogens with one attached hydrogen (secondary N) is 2. The zero-order chi connectivity index (χ0) is 16.5. The van der Waals surface area contributed by atoms with Crippen molar-refractivity contribution in [2.75, 3.05) is 26.2 Å². The molecule has 2 aliphatic rings. The fourth-order valence-electron chi connectivity index (χ4n) is 3.71. The van der Waals surface area contributed by atoms with Crippen molar-refractivity contribution in [1.82, 2.24) is 20.1 Å². The van der Waals surface area contributed by atoms with Crippen LogP contribution >= 0.6 is 0 Å². The molecule has 0 spiro atoms. The van der Waals surface area contributed by atoms with Crippen LogP contribution in [0, 0.1) is 0 Å². The first kappa shape index (κ1) is 15.1. The van der Waals surface area contributed by atoms with E-state index in [1.165, 1.54) is 10.9 Å². The third-order valence-corrected chi connectivity index (χ3v) is 5.02. The van der Waals surface area contributed by atoms with Gasteiger partial charge in [-0.15, -0.1) is 0 Å². The molecule has 6 nitrogen and oxygen atoms in total. The summed E-state index contributed by atoms with van der Waals surface area (Å²) in [6, 6.07) is 8.08. The SMILES string of the molecule is O=C(CNC(=O)N1CCc2c([nH]c3ccccc23)C1)N1CCCC1. The van der Waals surface area contributed by atoms with Gasteiger partial charge in [-0.1, -0.05) is 18.2 Å². The van der Waals surface area contributed by atoms with Gasteiger partial charge in [-0.05, 0) is 30.9 Å². The molecule has 126 valence electrons. The quantitative estimate of drug-likeness (QED) is 0.884. The second-order valence-corrected chi connectivity index (χ2v) is 6.55. The monoisotopic (exact) mass is 326 g/mol. The van der Waals surface area contributed by atoms with Crippen molar-refractivity contribution >= 4 is 22.8 Å². The molecule has 2 aliphatic heterocycles. The lowest BCUT2D eigenvalue weighted by atomic mass is 10.0. The molecule has 0 unspecified atom stereocenters. The maximum Gasteiger partial charge on any atom is 0.318 e. The first-order valence-electron chi connectivity index (χ1n) is 8.61. The Kier molecular flexibility index (Phi) is 3.88. The van der Waals surface area contributed by atoms with Gasteiger partial charge in [-0.25, -0.2) is 4.79 Å². The van der Waals surface area contributed by atoms with Gasteiger partial charge >= 0.3 is 6.03 Å².